The lowest BCUT2D eigenvalue weighted by molar-refractivity contribution is -0.290. The summed E-state index contributed by atoms with van der Waals surface area (Å²) in [7, 11) is 6.55. The summed E-state index contributed by atoms with van der Waals surface area (Å²) in [6.07, 6.45) is 3.29. The Labute approximate surface area is 481 Å². The van der Waals surface area contributed by atoms with E-state index < -0.39 is 58.8 Å². The molecule has 1 atom stereocenters. The lowest BCUT2D eigenvalue weighted by Gasteiger charge is -2.50. The van der Waals surface area contributed by atoms with E-state index in [4.69, 9.17) is 4.42 Å². The van der Waals surface area contributed by atoms with Crippen LogP contribution in [0.15, 0.2) is 119 Å². The molecule has 1 radical (unpaired) electrons. The zero-order valence-corrected chi connectivity index (χ0v) is 47.5. The molecule has 437 valence electrons. The van der Waals surface area contributed by atoms with E-state index in [0.29, 0.717) is 59.5 Å². The van der Waals surface area contributed by atoms with Crippen LogP contribution < -0.4 is 42.6 Å². The fraction of sp³-hybridized carbons (Fsp3) is 0.300. The van der Waals surface area contributed by atoms with Crippen LogP contribution >= 0.6 is 0 Å². The molecule has 1 saturated heterocycles. The van der Waals surface area contributed by atoms with Gasteiger partial charge < -0.3 is 70.1 Å². The summed E-state index contributed by atoms with van der Waals surface area (Å²) in [5, 5.41) is 55.1. The smallest absolute Gasteiger partial charge is 0.336 e. The SMILES string of the molecule is Cn1cccc1C(=O)Nc1ccc(C(=O)Nc2ccc(C(=O)Nc3ccc(C(=O)NC(CCCCNC(=O)Nc4ccc(-c5c6ccc(=O)cc-6oc6cc(O)ccc56)c(C(=O)O)c4)C(=O)NC4CC(C)(C)N([O])C(C)(C)C4)n3C)n2C)n1C. The first-order valence-electron chi connectivity index (χ1n) is 27.0. The third-order valence-corrected chi connectivity index (χ3v) is 15.2. The van der Waals surface area contributed by atoms with Gasteiger partial charge in [-0.25, -0.2) is 9.59 Å². The van der Waals surface area contributed by atoms with Crippen LogP contribution in [0.2, 0.25) is 0 Å². The number of unbranched alkanes of at least 4 members (excludes halogenated alkanes) is 1. The molecule has 1 fully saturated rings. The number of fused-ring (bicyclic) bond motifs is 2. The number of aryl methyl sites for hydroxylation is 1. The summed E-state index contributed by atoms with van der Waals surface area (Å²) in [4.78, 5) is 107. The van der Waals surface area contributed by atoms with Crippen LogP contribution in [0, 0.1) is 0 Å². The van der Waals surface area contributed by atoms with E-state index in [1.54, 1.807) is 75.4 Å². The van der Waals surface area contributed by atoms with Crippen LogP contribution in [0.5, 0.6) is 5.75 Å². The number of urea groups is 1. The van der Waals surface area contributed by atoms with Crippen molar-refractivity contribution in [3.63, 3.8) is 0 Å². The molecule has 9 rings (SSSR count). The van der Waals surface area contributed by atoms with Crippen LogP contribution in [-0.2, 0) is 38.2 Å². The van der Waals surface area contributed by atoms with Crippen molar-refractivity contribution >= 4 is 75.6 Å². The summed E-state index contributed by atoms with van der Waals surface area (Å²) in [5.41, 5.74) is 0.449. The Morgan fingerprint density at radius 3 is 1.80 bits per heavy atom. The quantitative estimate of drug-likeness (QED) is 0.0296. The summed E-state index contributed by atoms with van der Waals surface area (Å²) < 4.78 is 12.1. The van der Waals surface area contributed by atoms with Gasteiger partial charge in [-0.05, 0) is 150 Å². The molecule has 2 aliphatic heterocycles. The van der Waals surface area contributed by atoms with Crippen LogP contribution in [-0.4, -0.2) is 105 Å². The Kier molecular flexibility index (Phi) is 16.4. The van der Waals surface area contributed by atoms with E-state index in [2.05, 4.69) is 37.2 Å². The number of rotatable bonds is 18. The van der Waals surface area contributed by atoms with Gasteiger partial charge >= 0.3 is 12.0 Å². The molecule has 24 nitrogen and oxygen atoms in total. The number of aromatic nitrogens is 4. The maximum Gasteiger partial charge on any atom is 0.336 e. The van der Waals surface area contributed by atoms with Gasteiger partial charge in [0.2, 0.25) is 5.91 Å². The largest absolute Gasteiger partial charge is 0.508 e. The highest BCUT2D eigenvalue weighted by atomic mass is 16.5. The van der Waals surface area contributed by atoms with Crippen molar-refractivity contribution in [2.24, 2.45) is 28.2 Å². The Morgan fingerprint density at radius 1 is 0.655 bits per heavy atom. The Hall–Kier alpha value is -9.94. The lowest BCUT2D eigenvalue weighted by atomic mass is 9.79. The average Bonchev–Trinajstić information content (AvgIpc) is 1.93. The number of benzene rings is 3. The minimum absolute atomic E-state index is 0.0946. The van der Waals surface area contributed by atoms with Crippen molar-refractivity contribution in [2.45, 2.75) is 83.0 Å². The second-order valence-corrected chi connectivity index (χ2v) is 22.2. The molecule has 6 aromatic rings. The number of nitrogens with one attached hydrogen (secondary N) is 7. The van der Waals surface area contributed by atoms with Crippen molar-refractivity contribution in [1.29, 1.82) is 0 Å². The second kappa shape index (κ2) is 23.5. The number of nitrogens with zero attached hydrogens (tertiary/aromatic N) is 5. The number of hydrogen-bond donors (Lipinski definition) is 9. The number of phenolic OH excluding ortho intramolecular Hbond substituents is 1. The molecule has 7 amide bonds. The van der Waals surface area contributed by atoms with Gasteiger partial charge in [0, 0.05) is 92.4 Å². The third kappa shape index (κ3) is 12.3. The number of carbonyl (C=O) groups is 7. The number of carboxylic acids is 1. The molecule has 6 heterocycles. The topological polar surface area (TPSA) is 317 Å². The first kappa shape index (κ1) is 58.7. The minimum atomic E-state index is -1.29. The van der Waals surface area contributed by atoms with E-state index in [9.17, 15) is 53.8 Å². The fourth-order valence-electron chi connectivity index (χ4n) is 11.0. The van der Waals surface area contributed by atoms with E-state index in [0.717, 1.165) is 5.06 Å². The molecule has 0 saturated carbocycles. The fourth-order valence-corrected chi connectivity index (χ4v) is 11.0. The van der Waals surface area contributed by atoms with Crippen molar-refractivity contribution in [1.82, 2.24) is 39.3 Å². The van der Waals surface area contributed by atoms with Crippen molar-refractivity contribution in [3.05, 3.63) is 148 Å². The molecule has 3 aliphatic rings. The number of phenols is 1. The van der Waals surface area contributed by atoms with Gasteiger partial charge in [-0.2, -0.15) is 0 Å². The number of carboxylic acid groups (broad SMARTS) is 1. The van der Waals surface area contributed by atoms with Crippen molar-refractivity contribution in [3.8, 4) is 28.2 Å². The minimum Gasteiger partial charge on any atom is -0.508 e. The number of carbonyl (C=O) groups excluding carboxylic acids is 6. The monoisotopic (exact) mass is 1150 g/mol. The van der Waals surface area contributed by atoms with E-state index in [-0.39, 0.29) is 81.1 Å². The van der Waals surface area contributed by atoms with Crippen LogP contribution in [0.4, 0.5) is 27.9 Å². The van der Waals surface area contributed by atoms with Gasteiger partial charge in [0.05, 0.1) is 5.56 Å². The molecule has 0 bridgehead atoms. The van der Waals surface area contributed by atoms with E-state index in [1.807, 2.05) is 27.7 Å². The maximum absolute atomic E-state index is 14.2. The average molecular weight is 1150 g/mol. The standard InChI is InChI=1S/C60H65N12O12/c1-59(2)31-34(32-60(3,4)72(59)83)62-52(75)41(12-9-10-26-61-58(82)63-33-14-17-37(40(28-33)57(80)81)51-38-18-15-35(73)29-46(38)84-47-30-36(74)16-19-39(47)51)64-54(77)43-20-23-49(69(43)6)66-56(79)45-22-25-50(71(45)8)67-55(78)44-21-24-48(70(44)7)65-53(76)42-13-11-27-68(42)5/h11,13-25,27-30,34,41,73H,9-10,12,26,31-32H2,1-8H3,(H,62,75)(H,64,77)(H,65,76)(H,66,79)(H,67,78)(H,80,81)(H2,61,63,82). The predicted octanol–water partition coefficient (Wildman–Crippen LogP) is 7.65. The molecular formula is C60H65N12O12. The molecule has 0 spiro atoms. The molecule has 2 aromatic carbocycles. The number of amides is 7. The Balaban J connectivity index is 0.831. The van der Waals surface area contributed by atoms with Crippen LogP contribution in [0.25, 0.3) is 33.4 Å². The molecular weight excluding hydrogens is 1080 g/mol. The number of piperidine rings is 1. The Morgan fingerprint density at radius 2 is 1.23 bits per heavy atom. The Bertz CT molecular complexity index is 3920. The molecule has 4 aromatic heterocycles. The molecule has 1 aliphatic carbocycles. The highest BCUT2D eigenvalue weighted by Crippen LogP contribution is 2.43. The van der Waals surface area contributed by atoms with Gasteiger partial charge in [0.25, 0.3) is 23.6 Å². The number of aromatic hydroxyl groups is 1. The normalized spacial score (nSPS) is 14.4. The number of hydrogen-bond acceptors (Lipinski definition) is 11. The van der Waals surface area contributed by atoms with Crippen molar-refractivity contribution in [2.75, 3.05) is 27.8 Å². The lowest BCUT2D eigenvalue weighted by Crippen LogP contribution is -2.63. The van der Waals surface area contributed by atoms with Crippen molar-refractivity contribution < 1.29 is 53.4 Å². The highest BCUT2D eigenvalue weighted by molar-refractivity contribution is 6.10. The maximum atomic E-state index is 14.2. The number of anilines is 4. The van der Waals surface area contributed by atoms with Gasteiger partial charge in [-0.3, -0.25) is 28.8 Å². The van der Waals surface area contributed by atoms with Gasteiger partial charge in [0.1, 0.15) is 63.4 Å². The van der Waals surface area contributed by atoms with Crippen LogP contribution in [0.1, 0.15) is 112 Å². The molecule has 1 unspecified atom stereocenters. The summed E-state index contributed by atoms with van der Waals surface area (Å²) in [6, 6.07) is 23.5. The first-order valence-corrected chi connectivity index (χ1v) is 27.0. The third-order valence-electron chi connectivity index (χ3n) is 15.2. The van der Waals surface area contributed by atoms with E-state index >= 15 is 0 Å². The second-order valence-electron chi connectivity index (χ2n) is 22.2. The van der Waals surface area contributed by atoms with Gasteiger partial charge in [-0.15, -0.1) is 10.3 Å². The first-order chi connectivity index (χ1) is 39.8. The summed E-state index contributed by atoms with van der Waals surface area (Å²) >= 11 is 0. The number of aromatic carboxylic acids is 1. The van der Waals surface area contributed by atoms with E-state index in [1.165, 1.54) is 80.4 Å². The molecule has 84 heavy (non-hydrogen) atoms. The zero-order chi connectivity index (χ0) is 60.5. The predicted molar refractivity (Wildman–Crippen MR) is 313 cm³/mol. The van der Waals surface area contributed by atoms with Gasteiger partial charge in [-0.1, -0.05) is 6.07 Å². The molecule has 24 heteroatoms. The molecule has 9 N–H and O–H groups in total. The highest BCUT2D eigenvalue weighted by Gasteiger charge is 2.47. The number of hydroxylamine groups is 2. The van der Waals surface area contributed by atoms with Crippen LogP contribution in [0.3, 0.4) is 0 Å². The zero-order valence-electron chi connectivity index (χ0n) is 47.5. The summed E-state index contributed by atoms with van der Waals surface area (Å²) in [6.45, 7) is 7.37. The van der Waals surface area contributed by atoms with Gasteiger partial charge in [0.15, 0.2) is 5.43 Å². The summed E-state index contributed by atoms with van der Waals surface area (Å²) in [5.74, 6) is -2.75.